The van der Waals surface area contributed by atoms with Gasteiger partial charge in [-0.25, -0.2) is 0 Å². The van der Waals surface area contributed by atoms with E-state index in [1.807, 2.05) is 24.3 Å². The smallest absolute Gasteiger partial charge is 0.168 e. The predicted molar refractivity (Wildman–Crippen MR) is 77.2 cm³/mol. The summed E-state index contributed by atoms with van der Waals surface area (Å²) in [6, 6.07) is 7.84. The lowest BCUT2D eigenvalue weighted by Gasteiger charge is -2.35. The highest BCUT2D eigenvalue weighted by atomic mass is 16.7. The molecule has 0 unspecified atom stereocenters. The fraction of sp³-hybridized carbons (Fsp3) is 0.529. The van der Waals surface area contributed by atoms with Crippen molar-refractivity contribution in [1.82, 2.24) is 0 Å². The summed E-state index contributed by atoms with van der Waals surface area (Å²) < 4.78 is 11.5. The lowest BCUT2D eigenvalue weighted by molar-refractivity contribution is -0.178. The minimum Gasteiger partial charge on any atom is -0.348 e. The zero-order chi connectivity index (χ0) is 14.7. The van der Waals surface area contributed by atoms with Crippen molar-refractivity contribution in [3.63, 3.8) is 0 Å². The van der Waals surface area contributed by atoms with E-state index in [-0.39, 0.29) is 5.79 Å². The molecular weight excluding hydrogens is 268 g/mol. The molecule has 4 heteroatoms. The van der Waals surface area contributed by atoms with E-state index in [1.165, 1.54) is 5.56 Å². The van der Waals surface area contributed by atoms with Gasteiger partial charge in [0.2, 0.25) is 0 Å². The van der Waals surface area contributed by atoms with Crippen LogP contribution in [0.2, 0.25) is 0 Å². The Morgan fingerprint density at radius 2 is 1.57 bits per heavy atom. The zero-order valence-corrected chi connectivity index (χ0v) is 12.0. The number of aldehydes is 2. The molecule has 21 heavy (non-hydrogen) atoms. The molecule has 1 saturated carbocycles. The molecule has 1 heterocycles. The third kappa shape index (κ3) is 2.92. The normalized spacial score (nSPS) is 21.8. The van der Waals surface area contributed by atoms with Crippen LogP contribution < -0.4 is 0 Å². The van der Waals surface area contributed by atoms with Gasteiger partial charge in [0.25, 0.3) is 0 Å². The summed E-state index contributed by atoms with van der Waals surface area (Å²) in [6.45, 7) is 1.41. The van der Waals surface area contributed by atoms with Crippen LogP contribution in [0.15, 0.2) is 24.3 Å². The van der Waals surface area contributed by atoms with Crippen LogP contribution in [0.5, 0.6) is 0 Å². The maximum Gasteiger partial charge on any atom is 0.168 e. The summed E-state index contributed by atoms with van der Waals surface area (Å²) in [4.78, 5) is 21.6. The Morgan fingerprint density at radius 3 is 2.10 bits per heavy atom. The molecule has 1 spiro atoms. The van der Waals surface area contributed by atoms with E-state index in [0.717, 1.165) is 31.2 Å². The van der Waals surface area contributed by atoms with Crippen molar-refractivity contribution >= 4 is 12.6 Å². The fourth-order valence-electron chi connectivity index (χ4n) is 3.36. The van der Waals surface area contributed by atoms with Crippen molar-refractivity contribution in [2.24, 2.45) is 0 Å². The van der Waals surface area contributed by atoms with Gasteiger partial charge >= 0.3 is 0 Å². The minimum absolute atomic E-state index is 0.323. The van der Waals surface area contributed by atoms with Gasteiger partial charge in [-0.2, -0.15) is 0 Å². The molecule has 0 bridgehead atoms. The van der Waals surface area contributed by atoms with Crippen LogP contribution >= 0.6 is 0 Å². The van der Waals surface area contributed by atoms with E-state index in [9.17, 15) is 9.59 Å². The molecule has 0 radical (unpaired) electrons. The topological polar surface area (TPSA) is 52.6 Å². The van der Waals surface area contributed by atoms with Gasteiger partial charge in [-0.15, -0.1) is 0 Å². The summed E-state index contributed by atoms with van der Waals surface area (Å²) in [5, 5.41) is 0. The fourth-order valence-corrected chi connectivity index (χ4v) is 3.36. The van der Waals surface area contributed by atoms with Crippen molar-refractivity contribution in [1.29, 1.82) is 0 Å². The Labute approximate surface area is 124 Å². The molecule has 1 aromatic rings. The molecule has 112 valence electrons. The van der Waals surface area contributed by atoms with Crippen LogP contribution in [-0.4, -0.2) is 31.6 Å². The van der Waals surface area contributed by atoms with E-state index in [2.05, 4.69) is 0 Å². The first-order chi connectivity index (χ1) is 10.3. The summed E-state index contributed by atoms with van der Waals surface area (Å²) in [6.07, 6.45) is 5.33. The van der Waals surface area contributed by atoms with E-state index < -0.39 is 5.92 Å². The average molecular weight is 288 g/mol. The third-order valence-electron chi connectivity index (χ3n) is 4.65. The summed E-state index contributed by atoms with van der Waals surface area (Å²) >= 11 is 0. The number of benzene rings is 1. The van der Waals surface area contributed by atoms with Crippen LogP contribution in [0, 0.1) is 0 Å². The number of hydrogen-bond donors (Lipinski definition) is 0. The van der Waals surface area contributed by atoms with Crippen molar-refractivity contribution in [2.75, 3.05) is 13.2 Å². The molecule has 3 rings (SSSR count). The molecule has 1 aromatic carbocycles. The van der Waals surface area contributed by atoms with Gasteiger partial charge in [0.15, 0.2) is 5.79 Å². The van der Waals surface area contributed by atoms with Gasteiger partial charge in [0.1, 0.15) is 12.6 Å². The van der Waals surface area contributed by atoms with Gasteiger partial charge in [0, 0.05) is 12.8 Å². The maximum atomic E-state index is 10.8. The lowest BCUT2D eigenvalue weighted by atomic mass is 9.80. The molecular formula is C17H20O4. The van der Waals surface area contributed by atoms with E-state index >= 15 is 0 Å². The van der Waals surface area contributed by atoms with Crippen LogP contribution in [0.1, 0.15) is 48.6 Å². The molecule has 2 fully saturated rings. The summed E-state index contributed by atoms with van der Waals surface area (Å²) in [5.41, 5.74) is 2.03. The monoisotopic (exact) mass is 288 g/mol. The Balaban J connectivity index is 1.65. The number of hydrogen-bond acceptors (Lipinski definition) is 4. The van der Waals surface area contributed by atoms with Gasteiger partial charge in [0.05, 0.1) is 19.1 Å². The van der Waals surface area contributed by atoms with Gasteiger partial charge < -0.3 is 19.1 Å². The van der Waals surface area contributed by atoms with E-state index in [4.69, 9.17) is 9.47 Å². The predicted octanol–water partition coefficient (Wildman–Crippen LogP) is 2.57. The number of carbonyl (C=O) groups is 2. The molecule has 1 aliphatic carbocycles. The molecule has 4 nitrogen and oxygen atoms in total. The van der Waals surface area contributed by atoms with Crippen molar-refractivity contribution in [3.8, 4) is 0 Å². The van der Waals surface area contributed by atoms with Gasteiger partial charge in [-0.05, 0) is 29.9 Å². The maximum absolute atomic E-state index is 10.8. The molecule has 0 aromatic heterocycles. The highest BCUT2D eigenvalue weighted by molar-refractivity contribution is 5.84. The second-order valence-electron chi connectivity index (χ2n) is 5.85. The number of ether oxygens (including phenoxy) is 2. The first-order valence-corrected chi connectivity index (χ1v) is 7.55. The van der Waals surface area contributed by atoms with Crippen LogP contribution in [0.25, 0.3) is 0 Å². The van der Waals surface area contributed by atoms with Gasteiger partial charge in [-0.1, -0.05) is 24.3 Å². The molecule has 0 amide bonds. The SMILES string of the molecule is O=CC(C=O)c1ccc(C2CCC3(CC2)OCCO3)cc1. The largest absolute Gasteiger partial charge is 0.348 e. The van der Waals surface area contributed by atoms with Gasteiger partial charge in [-0.3, -0.25) is 0 Å². The average Bonchev–Trinajstić information content (AvgIpc) is 2.98. The molecule has 1 aliphatic heterocycles. The highest BCUT2D eigenvalue weighted by Gasteiger charge is 2.40. The van der Waals surface area contributed by atoms with Crippen molar-refractivity contribution < 1.29 is 19.1 Å². The van der Waals surface area contributed by atoms with Crippen LogP contribution in [-0.2, 0) is 19.1 Å². The van der Waals surface area contributed by atoms with E-state index in [0.29, 0.717) is 31.7 Å². The zero-order valence-electron chi connectivity index (χ0n) is 12.0. The lowest BCUT2D eigenvalue weighted by Crippen LogP contribution is -2.34. The highest BCUT2D eigenvalue weighted by Crippen LogP contribution is 2.42. The van der Waals surface area contributed by atoms with Crippen LogP contribution in [0.4, 0.5) is 0 Å². The molecule has 0 atom stereocenters. The third-order valence-corrected chi connectivity index (χ3v) is 4.65. The first-order valence-electron chi connectivity index (χ1n) is 7.55. The Morgan fingerprint density at radius 1 is 1.00 bits per heavy atom. The van der Waals surface area contributed by atoms with Crippen molar-refractivity contribution in [3.05, 3.63) is 35.4 Å². The quantitative estimate of drug-likeness (QED) is 0.631. The Hall–Kier alpha value is -1.52. The molecule has 1 saturated heterocycles. The minimum atomic E-state index is -0.644. The second-order valence-corrected chi connectivity index (χ2v) is 5.85. The number of carbonyl (C=O) groups excluding carboxylic acids is 2. The van der Waals surface area contributed by atoms with Crippen molar-refractivity contribution in [2.45, 2.75) is 43.3 Å². The van der Waals surface area contributed by atoms with Crippen LogP contribution in [0.3, 0.4) is 0 Å². The summed E-state index contributed by atoms with van der Waals surface area (Å²) in [5.74, 6) is -0.464. The standard InChI is InChI=1S/C17H20O4/c18-11-16(12-19)14-3-1-13(2-4-14)15-5-7-17(8-6-15)20-9-10-21-17/h1-4,11-12,15-16H,5-10H2. The Kier molecular flexibility index (Phi) is 4.17. The van der Waals surface area contributed by atoms with E-state index in [1.54, 1.807) is 0 Å². The molecule has 2 aliphatic rings. The second kappa shape index (κ2) is 6.08. The first kappa shape index (κ1) is 14.4. The number of rotatable bonds is 4. The summed E-state index contributed by atoms with van der Waals surface area (Å²) in [7, 11) is 0. The molecule has 0 N–H and O–H groups in total. The Bertz CT molecular complexity index is 484.